The molecule has 2 aliphatic rings. The fourth-order valence-electron chi connectivity index (χ4n) is 4.50. The Bertz CT molecular complexity index is 1370. The molecule has 0 aliphatic carbocycles. The van der Waals surface area contributed by atoms with Gasteiger partial charge in [0.15, 0.2) is 0 Å². The van der Waals surface area contributed by atoms with Gasteiger partial charge in [0.2, 0.25) is 5.95 Å². The largest absolute Gasteiger partial charge is 0.497 e. The van der Waals surface area contributed by atoms with Crippen LogP contribution in [-0.4, -0.2) is 80.0 Å². The highest BCUT2D eigenvalue weighted by atomic mass is 32.2. The number of anilines is 1. The van der Waals surface area contributed by atoms with Crippen molar-refractivity contribution in [1.82, 2.24) is 24.5 Å². The summed E-state index contributed by atoms with van der Waals surface area (Å²) in [6, 6.07) is 11.0. The standard InChI is InChI=1S/C25H30N6O4S2/c1-35-19-7-5-6-18(16-19)20-17-28-24(26-10-14-30-15-11-27-25(30)32)29-23(20)21-8-9-22(36-21)37(33,34)31-12-3-2-4-13-31/h5-9,16-17H,2-4,10-15H2,1H3,(H,27,32)(H,26,28,29). The van der Waals surface area contributed by atoms with Crippen LogP contribution >= 0.6 is 11.3 Å². The molecule has 2 amide bonds. The zero-order valence-electron chi connectivity index (χ0n) is 20.6. The highest BCUT2D eigenvalue weighted by Gasteiger charge is 2.28. The van der Waals surface area contributed by atoms with Crippen LogP contribution in [0.5, 0.6) is 5.75 Å². The summed E-state index contributed by atoms with van der Waals surface area (Å²) in [5.74, 6) is 1.11. The number of carbonyl (C=O) groups excluding carboxylic acids is 1. The number of rotatable bonds is 9. The summed E-state index contributed by atoms with van der Waals surface area (Å²) in [5, 5.41) is 5.99. The number of methoxy groups -OCH3 is 1. The maximum absolute atomic E-state index is 13.3. The molecular weight excluding hydrogens is 512 g/mol. The molecule has 0 atom stereocenters. The summed E-state index contributed by atoms with van der Waals surface area (Å²) in [5.41, 5.74) is 2.27. The lowest BCUT2D eigenvalue weighted by molar-refractivity contribution is 0.219. The predicted octanol–water partition coefficient (Wildman–Crippen LogP) is 3.49. The molecule has 2 saturated heterocycles. The van der Waals surface area contributed by atoms with Crippen molar-refractivity contribution >= 4 is 33.3 Å². The first-order valence-corrected chi connectivity index (χ1v) is 14.6. The number of nitrogens with one attached hydrogen (secondary N) is 2. The van der Waals surface area contributed by atoms with Crippen LogP contribution < -0.4 is 15.4 Å². The van der Waals surface area contributed by atoms with Crippen molar-refractivity contribution in [1.29, 1.82) is 0 Å². The van der Waals surface area contributed by atoms with Crippen LogP contribution in [0.25, 0.3) is 21.7 Å². The molecule has 0 saturated carbocycles. The first kappa shape index (κ1) is 25.4. The molecule has 196 valence electrons. The Morgan fingerprint density at radius 3 is 2.73 bits per heavy atom. The van der Waals surface area contributed by atoms with E-state index in [1.54, 1.807) is 28.6 Å². The second-order valence-electron chi connectivity index (χ2n) is 8.92. The number of sulfonamides is 1. The zero-order valence-corrected chi connectivity index (χ0v) is 22.3. The number of urea groups is 1. The van der Waals surface area contributed by atoms with Crippen LogP contribution in [0.2, 0.25) is 0 Å². The van der Waals surface area contributed by atoms with Gasteiger partial charge in [0, 0.05) is 51.0 Å². The molecule has 0 bridgehead atoms. The maximum Gasteiger partial charge on any atom is 0.317 e. The fourth-order valence-corrected chi connectivity index (χ4v) is 7.48. The van der Waals surface area contributed by atoms with Gasteiger partial charge >= 0.3 is 6.03 Å². The van der Waals surface area contributed by atoms with E-state index >= 15 is 0 Å². The van der Waals surface area contributed by atoms with Gasteiger partial charge in [0.25, 0.3) is 10.0 Å². The van der Waals surface area contributed by atoms with E-state index in [-0.39, 0.29) is 6.03 Å². The van der Waals surface area contributed by atoms with Gasteiger partial charge in [-0.2, -0.15) is 4.31 Å². The highest BCUT2D eigenvalue weighted by molar-refractivity contribution is 7.91. The summed E-state index contributed by atoms with van der Waals surface area (Å²) < 4.78 is 33.8. The van der Waals surface area contributed by atoms with Gasteiger partial charge in [-0.25, -0.2) is 23.2 Å². The summed E-state index contributed by atoms with van der Waals surface area (Å²) in [4.78, 5) is 23.6. The SMILES string of the molecule is COc1cccc(-c2cnc(NCCN3CCNC3=O)nc2-c2ccc(S(=O)(=O)N3CCCCC3)s2)c1. The van der Waals surface area contributed by atoms with E-state index in [4.69, 9.17) is 9.72 Å². The minimum atomic E-state index is -3.55. The van der Waals surface area contributed by atoms with Gasteiger partial charge in [-0.1, -0.05) is 18.6 Å². The van der Waals surface area contributed by atoms with Crippen molar-refractivity contribution in [3.8, 4) is 27.4 Å². The van der Waals surface area contributed by atoms with Crippen molar-refractivity contribution in [2.45, 2.75) is 23.5 Å². The summed E-state index contributed by atoms with van der Waals surface area (Å²) in [6.07, 6.45) is 4.57. The first-order valence-electron chi connectivity index (χ1n) is 12.3. The number of thiophene rings is 1. The molecule has 5 rings (SSSR count). The average molecular weight is 543 g/mol. The molecule has 2 aliphatic heterocycles. The second kappa shape index (κ2) is 11.0. The van der Waals surface area contributed by atoms with Crippen LogP contribution in [0.4, 0.5) is 10.7 Å². The Morgan fingerprint density at radius 1 is 1.14 bits per heavy atom. The molecule has 4 heterocycles. The van der Waals surface area contributed by atoms with Crippen molar-refractivity contribution < 1.29 is 17.9 Å². The van der Waals surface area contributed by atoms with Gasteiger partial charge in [0.1, 0.15) is 9.96 Å². The molecule has 0 spiro atoms. The van der Waals surface area contributed by atoms with Crippen LogP contribution in [0.1, 0.15) is 19.3 Å². The number of hydrogen-bond acceptors (Lipinski definition) is 8. The van der Waals surface area contributed by atoms with Gasteiger partial charge < -0.3 is 20.3 Å². The normalized spacial score (nSPS) is 16.6. The Balaban J connectivity index is 1.46. The quantitative estimate of drug-likeness (QED) is 0.425. The third-order valence-electron chi connectivity index (χ3n) is 6.50. The molecule has 0 radical (unpaired) electrons. The fraction of sp³-hybridized carbons (Fsp3) is 0.400. The first-order chi connectivity index (χ1) is 18.0. The molecule has 1 aromatic carbocycles. The number of piperidine rings is 1. The Labute approximate surface area is 220 Å². The Kier molecular flexibility index (Phi) is 7.58. The third kappa shape index (κ3) is 5.55. The lowest BCUT2D eigenvalue weighted by Gasteiger charge is -2.25. The number of hydrogen-bond donors (Lipinski definition) is 2. The summed E-state index contributed by atoms with van der Waals surface area (Å²) >= 11 is 1.22. The molecule has 2 N–H and O–H groups in total. The van der Waals surface area contributed by atoms with Crippen molar-refractivity contribution in [2.75, 3.05) is 51.7 Å². The van der Waals surface area contributed by atoms with Crippen molar-refractivity contribution in [3.63, 3.8) is 0 Å². The number of carbonyl (C=O) groups is 1. The average Bonchev–Trinajstić information content (AvgIpc) is 3.59. The number of amides is 2. The van der Waals surface area contributed by atoms with Crippen LogP contribution in [0, 0.1) is 0 Å². The molecule has 2 fully saturated rings. The maximum atomic E-state index is 13.3. The lowest BCUT2D eigenvalue weighted by Crippen LogP contribution is -2.35. The van der Waals surface area contributed by atoms with E-state index in [2.05, 4.69) is 15.6 Å². The smallest absolute Gasteiger partial charge is 0.317 e. The van der Waals surface area contributed by atoms with E-state index in [0.29, 0.717) is 60.9 Å². The lowest BCUT2D eigenvalue weighted by atomic mass is 10.0. The Morgan fingerprint density at radius 2 is 1.97 bits per heavy atom. The topological polar surface area (TPSA) is 117 Å². The van der Waals surface area contributed by atoms with Crippen LogP contribution in [-0.2, 0) is 10.0 Å². The van der Waals surface area contributed by atoms with E-state index in [0.717, 1.165) is 35.3 Å². The number of nitrogens with zero attached hydrogens (tertiary/aromatic N) is 4. The van der Waals surface area contributed by atoms with Crippen LogP contribution in [0.15, 0.2) is 46.8 Å². The monoisotopic (exact) mass is 542 g/mol. The minimum absolute atomic E-state index is 0.0715. The van der Waals surface area contributed by atoms with E-state index in [1.807, 2.05) is 30.3 Å². The molecular formula is C25H30N6O4S2. The molecule has 3 aromatic rings. The van der Waals surface area contributed by atoms with E-state index < -0.39 is 10.0 Å². The van der Waals surface area contributed by atoms with Crippen molar-refractivity contribution in [2.24, 2.45) is 0 Å². The van der Waals surface area contributed by atoms with E-state index in [9.17, 15) is 13.2 Å². The summed E-state index contributed by atoms with van der Waals surface area (Å²) in [7, 11) is -1.93. The van der Waals surface area contributed by atoms with E-state index in [1.165, 1.54) is 11.3 Å². The Hall–Kier alpha value is -3.22. The minimum Gasteiger partial charge on any atom is -0.497 e. The number of ether oxygens (including phenoxy) is 1. The number of benzene rings is 1. The van der Waals surface area contributed by atoms with Gasteiger partial charge in [-0.05, 0) is 42.7 Å². The second-order valence-corrected chi connectivity index (χ2v) is 12.2. The molecule has 2 aromatic heterocycles. The molecule has 0 unspecified atom stereocenters. The summed E-state index contributed by atoms with van der Waals surface area (Å²) in [6.45, 7) is 3.45. The zero-order chi connectivity index (χ0) is 25.8. The van der Waals surface area contributed by atoms with Crippen LogP contribution in [0.3, 0.4) is 0 Å². The predicted molar refractivity (Wildman–Crippen MR) is 143 cm³/mol. The van der Waals surface area contributed by atoms with Gasteiger partial charge in [-0.15, -0.1) is 11.3 Å². The highest BCUT2D eigenvalue weighted by Crippen LogP contribution is 2.38. The van der Waals surface area contributed by atoms with Gasteiger partial charge in [-0.3, -0.25) is 0 Å². The number of aromatic nitrogens is 2. The van der Waals surface area contributed by atoms with Gasteiger partial charge in [0.05, 0.1) is 17.7 Å². The third-order valence-corrected chi connectivity index (χ3v) is 9.96. The molecule has 37 heavy (non-hydrogen) atoms. The van der Waals surface area contributed by atoms with Crippen molar-refractivity contribution in [3.05, 3.63) is 42.6 Å². The molecule has 10 nitrogen and oxygen atoms in total. The molecule has 12 heteroatoms.